The number of rotatable bonds is 5. The molecule has 0 heterocycles. The molecule has 0 nitrogen and oxygen atoms in total. The van der Waals surface area contributed by atoms with Gasteiger partial charge in [0.15, 0.2) is 0 Å². The summed E-state index contributed by atoms with van der Waals surface area (Å²) in [6.07, 6.45) is 8.24. The molecule has 0 fully saturated rings. The van der Waals surface area contributed by atoms with Gasteiger partial charge in [-0.2, -0.15) is 0 Å². The molecule has 2 unspecified atom stereocenters. The van der Waals surface area contributed by atoms with E-state index in [1.54, 1.807) is 11.1 Å². The normalized spacial score (nSPS) is 21.1. The Balaban J connectivity index is 1.75. The Morgan fingerprint density at radius 2 is 1.75 bits per heavy atom. The summed E-state index contributed by atoms with van der Waals surface area (Å²) in [5.74, 6) is 1.65. The molecule has 1 aliphatic rings. The van der Waals surface area contributed by atoms with E-state index in [1.807, 2.05) is 0 Å². The van der Waals surface area contributed by atoms with E-state index in [-0.39, 0.29) is 0 Å². The Morgan fingerprint density at radius 3 is 2.40 bits per heavy atom. The van der Waals surface area contributed by atoms with Crippen LogP contribution in [0.2, 0.25) is 0 Å². The van der Waals surface area contributed by atoms with Crippen molar-refractivity contribution in [1.29, 1.82) is 0 Å². The standard InChI is InChI=1S/C20H30/c1-15-8-12-20(13-9-15)17(3)6-5-7-19-11-10-16(2)18(4)14-19/h8-9,12-13,17,19H,5-7,10-11,14H2,1-4H3. The molecule has 1 aromatic rings. The SMILES string of the molecule is CC1=C(C)CC(CCCC(C)c2ccc(C)cc2)CC1. The molecule has 0 heteroatoms. The van der Waals surface area contributed by atoms with E-state index in [4.69, 9.17) is 0 Å². The van der Waals surface area contributed by atoms with Crippen LogP contribution in [-0.2, 0) is 0 Å². The third-order valence-corrected chi connectivity index (χ3v) is 5.15. The minimum Gasteiger partial charge on any atom is -0.0744 e. The van der Waals surface area contributed by atoms with Gasteiger partial charge in [-0.15, -0.1) is 0 Å². The van der Waals surface area contributed by atoms with Gasteiger partial charge in [0.25, 0.3) is 0 Å². The highest BCUT2D eigenvalue weighted by Crippen LogP contribution is 2.33. The first-order valence-electron chi connectivity index (χ1n) is 8.28. The fourth-order valence-electron chi connectivity index (χ4n) is 3.36. The van der Waals surface area contributed by atoms with Gasteiger partial charge in [0, 0.05) is 0 Å². The summed E-state index contributed by atoms with van der Waals surface area (Å²) in [6.45, 7) is 9.18. The lowest BCUT2D eigenvalue weighted by atomic mass is 9.81. The van der Waals surface area contributed by atoms with E-state index in [0.29, 0.717) is 5.92 Å². The second-order valence-corrected chi connectivity index (χ2v) is 6.91. The number of aryl methyl sites for hydroxylation is 1. The minimum atomic E-state index is 0.706. The van der Waals surface area contributed by atoms with Gasteiger partial charge in [-0.05, 0) is 63.9 Å². The zero-order valence-corrected chi connectivity index (χ0v) is 13.7. The molecule has 0 saturated carbocycles. The molecule has 0 saturated heterocycles. The average Bonchev–Trinajstić information content (AvgIpc) is 2.43. The average molecular weight is 270 g/mol. The molecule has 0 bridgehead atoms. The molecule has 20 heavy (non-hydrogen) atoms. The summed E-state index contributed by atoms with van der Waals surface area (Å²) in [4.78, 5) is 0. The van der Waals surface area contributed by atoms with E-state index in [2.05, 4.69) is 52.0 Å². The predicted molar refractivity (Wildman–Crippen MR) is 89.2 cm³/mol. The van der Waals surface area contributed by atoms with Crippen LogP contribution in [0.5, 0.6) is 0 Å². The van der Waals surface area contributed by atoms with Crippen molar-refractivity contribution in [3.8, 4) is 0 Å². The molecular weight excluding hydrogens is 240 g/mol. The van der Waals surface area contributed by atoms with E-state index >= 15 is 0 Å². The molecule has 0 spiro atoms. The third kappa shape index (κ3) is 4.23. The van der Waals surface area contributed by atoms with Crippen LogP contribution in [0, 0.1) is 12.8 Å². The summed E-state index contributed by atoms with van der Waals surface area (Å²) in [6, 6.07) is 9.08. The fourth-order valence-corrected chi connectivity index (χ4v) is 3.36. The lowest BCUT2D eigenvalue weighted by molar-refractivity contribution is 0.400. The molecule has 1 aromatic carbocycles. The van der Waals surface area contributed by atoms with Crippen LogP contribution in [0.15, 0.2) is 35.4 Å². The Bertz CT molecular complexity index is 449. The maximum absolute atomic E-state index is 2.38. The highest BCUT2D eigenvalue weighted by atomic mass is 14.2. The molecule has 0 N–H and O–H groups in total. The minimum absolute atomic E-state index is 0.706. The van der Waals surface area contributed by atoms with E-state index in [0.717, 1.165) is 5.92 Å². The summed E-state index contributed by atoms with van der Waals surface area (Å²) in [5.41, 5.74) is 6.18. The van der Waals surface area contributed by atoms with Gasteiger partial charge < -0.3 is 0 Å². The largest absolute Gasteiger partial charge is 0.0744 e. The fraction of sp³-hybridized carbons (Fsp3) is 0.600. The Hall–Kier alpha value is -1.04. The Kier molecular flexibility index (Phi) is 5.46. The molecule has 1 aliphatic carbocycles. The lowest BCUT2D eigenvalue weighted by Crippen LogP contribution is -2.08. The number of allylic oxidation sites excluding steroid dienone is 2. The second-order valence-electron chi connectivity index (χ2n) is 6.91. The highest BCUT2D eigenvalue weighted by Gasteiger charge is 2.16. The Morgan fingerprint density at radius 1 is 1.05 bits per heavy atom. The zero-order chi connectivity index (χ0) is 14.5. The zero-order valence-electron chi connectivity index (χ0n) is 13.7. The van der Waals surface area contributed by atoms with Crippen molar-refractivity contribution in [2.75, 3.05) is 0 Å². The molecular formula is C20H30. The van der Waals surface area contributed by atoms with Crippen LogP contribution >= 0.6 is 0 Å². The number of benzene rings is 1. The van der Waals surface area contributed by atoms with Crippen molar-refractivity contribution in [3.05, 3.63) is 46.5 Å². The molecule has 2 rings (SSSR count). The van der Waals surface area contributed by atoms with Crippen molar-refractivity contribution in [2.24, 2.45) is 5.92 Å². The van der Waals surface area contributed by atoms with Crippen LogP contribution in [0.3, 0.4) is 0 Å². The van der Waals surface area contributed by atoms with Crippen LogP contribution in [0.1, 0.15) is 76.3 Å². The predicted octanol–water partition coefficient (Wildman–Crippen LogP) is 6.41. The van der Waals surface area contributed by atoms with Crippen LogP contribution < -0.4 is 0 Å². The molecule has 0 amide bonds. The van der Waals surface area contributed by atoms with Crippen LogP contribution in [-0.4, -0.2) is 0 Å². The van der Waals surface area contributed by atoms with Crippen molar-refractivity contribution in [1.82, 2.24) is 0 Å². The third-order valence-electron chi connectivity index (χ3n) is 5.15. The van der Waals surface area contributed by atoms with Gasteiger partial charge >= 0.3 is 0 Å². The van der Waals surface area contributed by atoms with Gasteiger partial charge in [0.05, 0.1) is 0 Å². The number of hydrogen-bond acceptors (Lipinski definition) is 0. The maximum atomic E-state index is 2.38. The van der Waals surface area contributed by atoms with Gasteiger partial charge in [-0.3, -0.25) is 0 Å². The highest BCUT2D eigenvalue weighted by molar-refractivity contribution is 5.24. The van der Waals surface area contributed by atoms with Crippen LogP contribution in [0.4, 0.5) is 0 Å². The molecule has 2 atom stereocenters. The van der Waals surface area contributed by atoms with Crippen molar-refractivity contribution in [2.45, 2.75) is 72.1 Å². The molecule has 0 aliphatic heterocycles. The van der Waals surface area contributed by atoms with Gasteiger partial charge in [-0.25, -0.2) is 0 Å². The Labute approximate surface area is 125 Å². The quantitative estimate of drug-likeness (QED) is 0.543. The maximum Gasteiger partial charge on any atom is -0.0190 e. The first-order chi connectivity index (χ1) is 9.56. The van der Waals surface area contributed by atoms with Gasteiger partial charge in [0.1, 0.15) is 0 Å². The molecule has 0 aromatic heterocycles. The number of hydrogen-bond donors (Lipinski definition) is 0. The van der Waals surface area contributed by atoms with Crippen molar-refractivity contribution < 1.29 is 0 Å². The van der Waals surface area contributed by atoms with Crippen LogP contribution in [0.25, 0.3) is 0 Å². The second kappa shape index (κ2) is 7.11. The van der Waals surface area contributed by atoms with Gasteiger partial charge in [0.2, 0.25) is 0 Å². The van der Waals surface area contributed by atoms with Gasteiger partial charge in [-0.1, -0.05) is 60.7 Å². The summed E-state index contributed by atoms with van der Waals surface area (Å²) in [5, 5.41) is 0. The summed E-state index contributed by atoms with van der Waals surface area (Å²) in [7, 11) is 0. The first kappa shape index (κ1) is 15.4. The molecule has 110 valence electrons. The lowest BCUT2D eigenvalue weighted by Gasteiger charge is -2.24. The first-order valence-corrected chi connectivity index (χ1v) is 8.28. The monoisotopic (exact) mass is 270 g/mol. The van der Waals surface area contributed by atoms with Crippen molar-refractivity contribution >= 4 is 0 Å². The molecule has 0 radical (unpaired) electrons. The topological polar surface area (TPSA) is 0 Å². The van der Waals surface area contributed by atoms with Crippen molar-refractivity contribution in [3.63, 3.8) is 0 Å². The van der Waals surface area contributed by atoms with E-state index in [1.165, 1.54) is 49.7 Å². The smallest absolute Gasteiger partial charge is 0.0190 e. The van der Waals surface area contributed by atoms with E-state index in [9.17, 15) is 0 Å². The van der Waals surface area contributed by atoms with E-state index < -0.39 is 0 Å². The summed E-state index contributed by atoms with van der Waals surface area (Å²) < 4.78 is 0. The summed E-state index contributed by atoms with van der Waals surface area (Å²) >= 11 is 0.